The molecule has 1 aromatic heterocycles. The minimum atomic E-state index is -0.204. The number of aryl methyl sites for hydroxylation is 2. The van der Waals surface area contributed by atoms with Crippen molar-refractivity contribution in [3.63, 3.8) is 0 Å². The Kier molecular flexibility index (Phi) is 3.46. The van der Waals surface area contributed by atoms with Crippen molar-refractivity contribution in [2.75, 3.05) is 0 Å². The van der Waals surface area contributed by atoms with Crippen LogP contribution in [0.2, 0.25) is 5.02 Å². The van der Waals surface area contributed by atoms with Crippen molar-refractivity contribution >= 4 is 11.6 Å². The molecule has 2 rings (SSSR count). The van der Waals surface area contributed by atoms with E-state index in [0.29, 0.717) is 5.02 Å². The third kappa shape index (κ3) is 2.48. The van der Waals surface area contributed by atoms with Gasteiger partial charge in [-0.3, -0.25) is 4.98 Å². The normalized spacial score (nSPS) is 12.5. The Labute approximate surface area is 106 Å². The van der Waals surface area contributed by atoms with Crippen molar-refractivity contribution in [2.24, 2.45) is 5.73 Å². The molecule has 17 heavy (non-hydrogen) atoms. The summed E-state index contributed by atoms with van der Waals surface area (Å²) in [5.74, 6) is 0. The Morgan fingerprint density at radius 2 is 1.94 bits per heavy atom. The van der Waals surface area contributed by atoms with Gasteiger partial charge in [0, 0.05) is 12.4 Å². The maximum absolute atomic E-state index is 6.22. The molecule has 1 heterocycles. The van der Waals surface area contributed by atoms with Crippen LogP contribution < -0.4 is 5.73 Å². The number of hydrogen-bond acceptors (Lipinski definition) is 2. The zero-order valence-corrected chi connectivity index (χ0v) is 10.7. The first-order valence-electron chi connectivity index (χ1n) is 5.51. The molecule has 0 spiro atoms. The highest BCUT2D eigenvalue weighted by Gasteiger charge is 2.12. The summed E-state index contributed by atoms with van der Waals surface area (Å²) in [5, 5.41) is 0.609. The summed E-state index contributed by atoms with van der Waals surface area (Å²) in [7, 11) is 0. The highest BCUT2D eigenvalue weighted by atomic mass is 35.5. The number of aromatic nitrogens is 1. The van der Waals surface area contributed by atoms with E-state index >= 15 is 0 Å². The number of nitrogens with zero attached hydrogens (tertiary/aromatic N) is 1. The fraction of sp³-hybridized carbons (Fsp3) is 0.214. The molecule has 0 bridgehead atoms. The maximum atomic E-state index is 6.22. The van der Waals surface area contributed by atoms with E-state index in [-0.39, 0.29) is 6.04 Å². The van der Waals surface area contributed by atoms with Crippen LogP contribution in [0.15, 0.2) is 36.7 Å². The van der Waals surface area contributed by atoms with Crippen molar-refractivity contribution in [3.8, 4) is 0 Å². The largest absolute Gasteiger partial charge is 0.320 e. The third-order valence-electron chi connectivity index (χ3n) is 3.03. The number of hydrogen-bond donors (Lipinski definition) is 1. The lowest BCUT2D eigenvalue weighted by Crippen LogP contribution is -2.12. The molecule has 0 fully saturated rings. The smallest absolute Gasteiger partial charge is 0.0640 e. The lowest BCUT2D eigenvalue weighted by Gasteiger charge is -2.15. The van der Waals surface area contributed by atoms with Crippen molar-refractivity contribution in [3.05, 3.63) is 63.9 Å². The van der Waals surface area contributed by atoms with Gasteiger partial charge in [-0.15, -0.1) is 0 Å². The van der Waals surface area contributed by atoms with Gasteiger partial charge in [-0.2, -0.15) is 0 Å². The third-order valence-corrected chi connectivity index (χ3v) is 3.34. The summed E-state index contributed by atoms with van der Waals surface area (Å²) in [6, 6.07) is 7.90. The van der Waals surface area contributed by atoms with Crippen LogP contribution in [0.25, 0.3) is 0 Å². The van der Waals surface area contributed by atoms with E-state index in [1.807, 2.05) is 12.1 Å². The minimum absolute atomic E-state index is 0.204. The first-order valence-corrected chi connectivity index (χ1v) is 5.89. The van der Waals surface area contributed by atoms with Crippen molar-refractivity contribution < 1.29 is 0 Å². The topological polar surface area (TPSA) is 38.9 Å². The van der Waals surface area contributed by atoms with Crippen LogP contribution >= 0.6 is 11.6 Å². The molecule has 2 aromatic rings. The van der Waals surface area contributed by atoms with E-state index in [0.717, 1.165) is 11.1 Å². The standard InChI is InChI=1S/C14H15ClN2/c1-9-3-4-11(7-10(9)2)14(16)12-5-6-17-8-13(12)15/h3-8,14H,16H2,1-2H3. The van der Waals surface area contributed by atoms with Crippen LogP contribution in [0.4, 0.5) is 0 Å². The van der Waals surface area contributed by atoms with Crippen LogP contribution in [0, 0.1) is 13.8 Å². The molecule has 0 radical (unpaired) electrons. The van der Waals surface area contributed by atoms with Crippen LogP contribution in [0.5, 0.6) is 0 Å². The molecule has 1 aromatic carbocycles. The summed E-state index contributed by atoms with van der Waals surface area (Å²) in [4.78, 5) is 3.97. The second-order valence-corrected chi connectivity index (χ2v) is 4.63. The first kappa shape index (κ1) is 12.1. The molecule has 0 amide bonds. The van der Waals surface area contributed by atoms with Crippen molar-refractivity contribution in [2.45, 2.75) is 19.9 Å². The van der Waals surface area contributed by atoms with Gasteiger partial charge < -0.3 is 5.73 Å². The Balaban J connectivity index is 2.40. The lowest BCUT2D eigenvalue weighted by atomic mass is 9.97. The van der Waals surface area contributed by atoms with Gasteiger partial charge >= 0.3 is 0 Å². The van der Waals surface area contributed by atoms with Gasteiger partial charge in [0.1, 0.15) is 0 Å². The van der Waals surface area contributed by atoms with Crippen molar-refractivity contribution in [1.82, 2.24) is 4.98 Å². The zero-order valence-electron chi connectivity index (χ0n) is 9.94. The summed E-state index contributed by atoms with van der Waals surface area (Å²) in [6.07, 6.45) is 3.33. The number of benzene rings is 1. The molecule has 1 unspecified atom stereocenters. The van der Waals surface area contributed by atoms with Crippen LogP contribution in [0.1, 0.15) is 28.3 Å². The molecular weight excluding hydrogens is 232 g/mol. The van der Waals surface area contributed by atoms with Gasteiger partial charge in [-0.05, 0) is 42.2 Å². The van der Waals surface area contributed by atoms with Crippen LogP contribution in [-0.4, -0.2) is 4.98 Å². The van der Waals surface area contributed by atoms with Gasteiger partial charge in [0.15, 0.2) is 0 Å². The van der Waals surface area contributed by atoms with Crippen molar-refractivity contribution in [1.29, 1.82) is 0 Å². The van der Waals surface area contributed by atoms with Crippen LogP contribution in [-0.2, 0) is 0 Å². The van der Waals surface area contributed by atoms with Gasteiger partial charge in [-0.1, -0.05) is 29.8 Å². The van der Waals surface area contributed by atoms with Gasteiger partial charge in [-0.25, -0.2) is 0 Å². The lowest BCUT2D eigenvalue weighted by molar-refractivity contribution is 0.865. The van der Waals surface area contributed by atoms with E-state index < -0.39 is 0 Å². The molecule has 3 heteroatoms. The molecule has 2 N–H and O–H groups in total. The first-order chi connectivity index (χ1) is 8.09. The number of nitrogens with two attached hydrogens (primary N) is 1. The second-order valence-electron chi connectivity index (χ2n) is 4.22. The number of halogens is 1. The summed E-state index contributed by atoms with van der Waals surface area (Å²) in [5.41, 5.74) is 10.7. The summed E-state index contributed by atoms with van der Waals surface area (Å²) >= 11 is 6.10. The van der Waals surface area contributed by atoms with Gasteiger partial charge in [0.25, 0.3) is 0 Å². The molecule has 0 aliphatic carbocycles. The summed E-state index contributed by atoms with van der Waals surface area (Å²) in [6.45, 7) is 4.17. The predicted molar refractivity (Wildman–Crippen MR) is 71.2 cm³/mol. The zero-order chi connectivity index (χ0) is 12.4. The Hall–Kier alpha value is -1.38. The highest BCUT2D eigenvalue weighted by Crippen LogP contribution is 2.26. The molecular formula is C14H15ClN2. The Morgan fingerprint density at radius 3 is 2.59 bits per heavy atom. The molecule has 2 nitrogen and oxygen atoms in total. The molecule has 0 saturated carbocycles. The fourth-order valence-electron chi connectivity index (χ4n) is 1.78. The van der Waals surface area contributed by atoms with Gasteiger partial charge in [0.2, 0.25) is 0 Å². The Bertz CT molecular complexity index is 537. The van der Waals surface area contributed by atoms with E-state index in [9.17, 15) is 0 Å². The Morgan fingerprint density at radius 1 is 1.18 bits per heavy atom. The summed E-state index contributed by atoms with van der Waals surface area (Å²) < 4.78 is 0. The number of pyridine rings is 1. The second kappa shape index (κ2) is 4.86. The van der Waals surface area contributed by atoms with Crippen LogP contribution in [0.3, 0.4) is 0 Å². The van der Waals surface area contributed by atoms with E-state index in [1.165, 1.54) is 11.1 Å². The average Bonchev–Trinajstić information content (AvgIpc) is 2.32. The molecule has 0 saturated heterocycles. The quantitative estimate of drug-likeness (QED) is 0.882. The molecule has 1 atom stereocenters. The molecule has 0 aliphatic heterocycles. The fourth-order valence-corrected chi connectivity index (χ4v) is 2.01. The molecule has 88 valence electrons. The van der Waals surface area contributed by atoms with Gasteiger partial charge in [0.05, 0.1) is 11.1 Å². The SMILES string of the molecule is Cc1ccc(C(N)c2ccncc2Cl)cc1C. The number of rotatable bonds is 2. The van der Waals surface area contributed by atoms with E-state index in [2.05, 4.69) is 31.0 Å². The van der Waals surface area contributed by atoms with E-state index in [1.54, 1.807) is 12.4 Å². The highest BCUT2D eigenvalue weighted by molar-refractivity contribution is 6.31. The predicted octanol–water partition coefficient (Wildman–Crippen LogP) is 3.40. The van der Waals surface area contributed by atoms with E-state index in [4.69, 9.17) is 17.3 Å². The molecule has 0 aliphatic rings. The monoisotopic (exact) mass is 246 g/mol. The average molecular weight is 247 g/mol. The minimum Gasteiger partial charge on any atom is -0.320 e. The maximum Gasteiger partial charge on any atom is 0.0640 e.